The van der Waals surface area contributed by atoms with E-state index in [9.17, 15) is 4.79 Å². The quantitative estimate of drug-likeness (QED) is 0.867. The summed E-state index contributed by atoms with van der Waals surface area (Å²) in [6.07, 6.45) is -0.430. The SMILES string of the molecule is CCN1CCOC(C(=O)Nc2cc(CO)ccc2C)C1. The molecule has 110 valence electrons. The Balaban J connectivity index is 2.03. The zero-order valence-corrected chi connectivity index (χ0v) is 12.1. The summed E-state index contributed by atoms with van der Waals surface area (Å²) in [7, 11) is 0. The number of amides is 1. The van der Waals surface area contributed by atoms with Crippen LogP contribution in [0.25, 0.3) is 0 Å². The number of aliphatic hydroxyl groups excluding tert-OH is 1. The van der Waals surface area contributed by atoms with Crippen molar-refractivity contribution in [2.75, 3.05) is 31.6 Å². The van der Waals surface area contributed by atoms with Crippen molar-refractivity contribution in [1.29, 1.82) is 0 Å². The van der Waals surface area contributed by atoms with Gasteiger partial charge in [-0.2, -0.15) is 0 Å². The lowest BCUT2D eigenvalue weighted by Gasteiger charge is -2.31. The highest BCUT2D eigenvalue weighted by molar-refractivity contribution is 5.95. The van der Waals surface area contributed by atoms with Gasteiger partial charge in [0, 0.05) is 18.8 Å². The Bertz CT molecular complexity index is 476. The van der Waals surface area contributed by atoms with E-state index in [2.05, 4.69) is 17.1 Å². The van der Waals surface area contributed by atoms with Crippen molar-refractivity contribution < 1.29 is 14.6 Å². The smallest absolute Gasteiger partial charge is 0.254 e. The number of carbonyl (C=O) groups is 1. The van der Waals surface area contributed by atoms with Crippen LogP contribution in [0.2, 0.25) is 0 Å². The fourth-order valence-corrected chi connectivity index (χ4v) is 2.26. The third-order valence-electron chi connectivity index (χ3n) is 3.63. The van der Waals surface area contributed by atoms with Gasteiger partial charge in [0.25, 0.3) is 5.91 Å². The summed E-state index contributed by atoms with van der Waals surface area (Å²) in [5.74, 6) is -0.124. The molecule has 1 fully saturated rings. The Morgan fingerprint density at radius 1 is 1.55 bits per heavy atom. The summed E-state index contributed by atoms with van der Waals surface area (Å²) in [4.78, 5) is 14.5. The number of anilines is 1. The molecule has 1 saturated heterocycles. The van der Waals surface area contributed by atoms with Crippen LogP contribution in [-0.4, -0.2) is 48.3 Å². The number of nitrogens with zero attached hydrogens (tertiary/aromatic N) is 1. The average Bonchev–Trinajstić information content (AvgIpc) is 2.49. The summed E-state index contributed by atoms with van der Waals surface area (Å²) in [6.45, 7) is 6.98. The lowest BCUT2D eigenvalue weighted by atomic mass is 10.1. The van der Waals surface area contributed by atoms with Gasteiger partial charge in [-0.25, -0.2) is 0 Å². The number of carbonyl (C=O) groups excluding carboxylic acids is 1. The van der Waals surface area contributed by atoms with Gasteiger partial charge < -0.3 is 15.2 Å². The standard InChI is InChI=1S/C15H22N2O3/c1-3-17-6-7-20-14(9-17)15(19)16-13-8-12(10-18)5-4-11(13)2/h4-5,8,14,18H,3,6-7,9-10H2,1-2H3,(H,16,19). The highest BCUT2D eigenvalue weighted by Gasteiger charge is 2.26. The van der Waals surface area contributed by atoms with Crippen LogP contribution in [0.15, 0.2) is 18.2 Å². The van der Waals surface area contributed by atoms with E-state index in [4.69, 9.17) is 9.84 Å². The molecule has 0 aromatic heterocycles. The number of aliphatic hydroxyl groups is 1. The third-order valence-corrected chi connectivity index (χ3v) is 3.63. The number of benzene rings is 1. The fraction of sp³-hybridized carbons (Fsp3) is 0.533. The van der Waals surface area contributed by atoms with Crippen LogP contribution in [0.4, 0.5) is 5.69 Å². The van der Waals surface area contributed by atoms with Crippen molar-refractivity contribution in [2.45, 2.75) is 26.6 Å². The molecule has 1 aliphatic rings. The van der Waals surface area contributed by atoms with Gasteiger partial charge in [0.1, 0.15) is 6.10 Å². The molecule has 0 radical (unpaired) electrons. The summed E-state index contributed by atoms with van der Waals surface area (Å²) >= 11 is 0. The maximum absolute atomic E-state index is 12.3. The highest BCUT2D eigenvalue weighted by atomic mass is 16.5. The van der Waals surface area contributed by atoms with Crippen LogP contribution in [0.3, 0.4) is 0 Å². The van der Waals surface area contributed by atoms with Crippen LogP contribution >= 0.6 is 0 Å². The Kier molecular flexibility index (Phi) is 5.11. The first kappa shape index (κ1) is 15.0. The Morgan fingerprint density at radius 2 is 2.35 bits per heavy atom. The third kappa shape index (κ3) is 3.56. The molecule has 1 aromatic rings. The number of hydrogen-bond donors (Lipinski definition) is 2. The largest absolute Gasteiger partial charge is 0.392 e. The van der Waals surface area contributed by atoms with Crippen LogP contribution in [0.5, 0.6) is 0 Å². The van der Waals surface area contributed by atoms with Gasteiger partial charge in [-0.15, -0.1) is 0 Å². The van der Waals surface area contributed by atoms with Crippen LogP contribution in [-0.2, 0) is 16.1 Å². The molecule has 0 spiro atoms. The Hall–Kier alpha value is -1.43. The van der Waals surface area contributed by atoms with E-state index in [-0.39, 0.29) is 12.5 Å². The summed E-state index contributed by atoms with van der Waals surface area (Å²) in [5, 5.41) is 12.1. The number of nitrogens with one attached hydrogen (secondary N) is 1. The highest BCUT2D eigenvalue weighted by Crippen LogP contribution is 2.18. The van der Waals surface area contributed by atoms with E-state index >= 15 is 0 Å². The molecule has 2 rings (SSSR count). The molecular formula is C15H22N2O3. The average molecular weight is 278 g/mol. The summed E-state index contributed by atoms with van der Waals surface area (Å²) < 4.78 is 5.54. The van der Waals surface area contributed by atoms with E-state index < -0.39 is 6.10 Å². The first-order valence-corrected chi connectivity index (χ1v) is 6.99. The van der Waals surface area contributed by atoms with Crippen LogP contribution in [0.1, 0.15) is 18.1 Å². The molecular weight excluding hydrogens is 256 g/mol. The second kappa shape index (κ2) is 6.83. The Morgan fingerprint density at radius 3 is 3.05 bits per heavy atom. The molecule has 5 heteroatoms. The van der Waals surface area contributed by atoms with E-state index in [1.165, 1.54) is 0 Å². The molecule has 1 aromatic carbocycles. The first-order chi connectivity index (χ1) is 9.63. The number of rotatable bonds is 4. The van der Waals surface area contributed by atoms with Crippen molar-refractivity contribution in [3.05, 3.63) is 29.3 Å². The Labute approximate surface area is 119 Å². The van der Waals surface area contributed by atoms with Crippen molar-refractivity contribution in [2.24, 2.45) is 0 Å². The minimum Gasteiger partial charge on any atom is -0.392 e. The van der Waals surface area contributed by atoms with E-state index in [0.29, 0.717) is 13.2 Å². The van der Waals surface area contributed by atoms with Crippen molar-refractivity contribution in [3.8, 4) is 0 Å². The number of morpholine rings is 1. The molecule has 1 unspecified atom stereocenters. The van der Waals surface area contributed by atoms with Crippen molar-refractivity contribution in [3.63, 3.8) is 0 Å². The lowest BCUT2D eigenvalue weighted by Crippen LogP contribution is -2.47. The number of likely N-dealkylation sites (N-methyl/N-ethyl adjacent to an activating group) is 1. The molecule has 20 heavy (non-hydrogen) atoms. The first-order valence-electron chi connectivity index (χ1n) is 6.99. The number of aryl methyl sites for hydroxylation is 1. The monoisotopic (exact) mass is 278 g/mol. The second-order valence-corrected chi connectivity index (χ2v) is 5.05. The van der Waals surface area contributed by atoms with Gasteiger partial charge in [0.05, 0.1) is 13.2 Å². The lowest BCUT2D eigenvalue weighted by molar-refractivity contribution is -0.132. The predicted molar refractivity (Wildman–Crippen MR) is 77.6 cm³/mol. The summed E-state index contributed by atoms with van der Waals surface area (Å²) in [5.41, 5.74) is 2.49. The molecule has 1 amide bonds. The maximum atomic E-state index is 12.3. The van der Waals surface area contributed by atoms with Crippen LogP contribution < -0.4 is 5.32 Å². The van der Waals surface area contributed by atoms with Crippen molar-refractivity contribution in [1.82, 2.24) is 4.90 Å². The van der Waals surface area contributed by atoms with Gasteiger partial charge in [0.2, 0.25) is 0 Å². The van der Waals surface area contributed by atoms with E-state index in [0.717, 1.165) is 29.9 Å². The molecule has 1 heterocycles. The van der Waals surface area contributed by atoms with Gasteiger partial charge >= 0.3 is 0 Å². The second-order valence-electron chi connectivity index (χ2n) is 5.05. The number of ether oxygens (including phenoxy) is 1. The van der Waals surface area contributed by atoms with Crippen LogP contribution in [0, 0.1) is 6.92 Å². The zero-order valence-electron chi connectivity index (χ0n) is 12.1. The molecule has 2 N–H and O–H groups in total. The summed E-state index contributed by atoms with van der Waals surface area (Å²) in [6, 6.07) is 5.54. The van der Waals surface area contributed by atoms with Gasteiger partial charge in [-0.1, -0.05) is 19.1 Å². The molecule has 0 saturated carbocycles. The normalized spacial score (nSPS) is 19.9. The zero-order chi connectivity index (χ0) is 14.5. The minimum atomic E-state index is -0.430. The fourth-order valence-electron chi connectivity index (χ4n) is 2.26. The molecule has 5 nitrogen and oxygen atoms in total. The predicted octanol–water partition coefficient (Wildman–Crippen LogP) is 1.15. The van der Waals surface area contributed by atoms with E-state index in [1.807, 2.05) is 19.1 Å². The molecule has 0 aliphatic carbocycles. The minimum absolute atomic E-state index is 0.0350. The van der Waals surface area contributed by atoms with Gasteiger partial charge in [0.15, 0.2) is 0 Å². The molecule has 1 atom stereocenters. The van der Waals surface area contributed by atoms with Crippen molar-refractivity contribution >= 4 is 11.6 Å². The van der Waals surface area contributed by atoms with Gasteiger partial charge in [-0.3, -0.25) is 9.69 Å². The number of hydrogen-bond acceptors (Lipinski definition) is 4. The van der Waals surface area contributed by atoms with Gasteiger partial charge in [-0.05, 0) is 30.7 Å². The maximum Gasteiger partial charge on any atom is 0.254 e. The topological polar surface area (TPSA) is 61.8 Å². The molecule has 1 aliphatic heterocycles. The van der Waals surface area contributed by atoms with E-state index in [1.54, 1.807) is 6.07 Å². The molecule has 0 bridgehead atoms.